The zero-order chi connectivity index (χ0) is 21.6. The molecule has 4 nitrogen and oxygen atoms in total. The largest absolute Gasteiger partial charge is 0.465 e. The molecule has 0 spiro atoms. The molecule has 4 bridgehead atoms. The zero-order valence-corrected chi connectivity index (χ0v) is 19.4. The number of nitrogens with zero attached hydrogens (tertiary/aromatic N) is 1. The van der Waals surface area contributed by atoms with Crippen molar-refractivity contribution in [2.45, 2.75) is 65.3 Å². The number of hydrogen-bond acceptors (Lipinski definition) is 4. The molecular weight excluding hydrogens is 406 g/mol. The van der Waals surface area contributed by atoms with Gasteiger partial charge in [-0.05, 0) is 55.8 Å². The normalized spacial score (nSPS) is 31.0. The van der Waals surface area contributed by atoms with Crippen LogP contribution < -0.4 is 4.57 Å². The minimum absolute atomic E-state index is 0.0502. The molecule has 2 atom stereocenters. The van der Waals surface area contributed by atoms with E-state index in [9.17, 15) is 9.59 Å². The second kappa shape index (κ2) is 7.84. The highest BCUT2D eigenvalue weighted by Gasteiger charge is 2.59. The van der Waals surface area contributed by atoms with Gasteiger partial charge >= 0.3 is 5.97 Å². The molecule has 0 amide bonds. The van der Waals surface area contributed by atoms with Crippen LogP contribution in [0.3, 0.4) is 0 Å². The van der Waals surface area contributed by atoms with E-state index in [1.165, 1.54) is 24.1 Å². The standard InChI is InChI=1S/C26H32NO3S/c1-18-23(31-17-27(18)15-22(28)21-6-4-3-5-7-21)8-9-30-24(29)26-13-19-10-20(14-26)12-25(2,11-19)16-26/h3-7,17,19-20H,8-16H2,1-2H3/q+1/t19-,20-,25?,26?/m0/s1. The van der Waals surface area contributed by atoms with Crippen LogP contribution in [0.4, 0.5) is 0 Å². The molecule has 1 heterocycles. The molecule has 5 heteroatoms. The lowest BCUT2D eigenvalue weighted by Gasteiger charge is -2.59. The van der Waals surface area contributed by atoms with E-state index in [1.54, 1.807) is 11.3 Å². The molecule has 2 aromatic rings. The Hall–Kier alpha value is -2.01. The van der Waals surface area contributed by atoms with Crippen LogP contribution in [0.25, 0.3) is 0 Å². The predicted octanol–water partition coefficient (Wildman–Crippen LogP) is 4.92. The van der Waals surface area contributed by atoms with E-state index in [0.717, 1.165) is 48.8 Å². The second-order valence-corrected chi connectivity index (χ2v) is 11.5. The summed E-state index contributed by atoms with van der Waals surface area (Å²) in [6.07, 6.45) is 7.74. The molecule has 4 aliphatic carbocycles. The van der Waals surface area contributed by atoms with Gasteiger partial charge in [0, 0.05) is 18.9 Å². The van der Waals surface area contributed by atoms with E-state index in [4.69, 9.17) is 4.74 Å². The summed E-state index contributed by atoms with van der Waals surface area (Å²) >= 11 is 1.64. The van der Waals surface area contributed by atoms with Crippen LogP contribution in [0.15, 0.2) is 35.8 Å². The van der Waals surface area contributed by atoms with Gasteiger partial charge in [0.25, 0.3) is 0 Å². The summed E-state index contributed by atoms with van der Waals surface area (Å²) in [5.74, 6) is 1.60. The lowest BCUT2D eigenvalue weighted by Crippen LogP contribution is -2.54. The molecule has 0 aliphatic heterocycles. The van der Waals surface area contributed by atoms with E-state index in [0.29, 0.717) is 18.6 Å². The third kappa shape index (κ3) is 3.97. The fraction of sp³-hybridized carbons (Fsp3) is 0.577. The van der Waals surface area contributed by atoms with Gasteiger partial charge in [-0.15, -0.1) is 0 Å². The van der Waals surface area contributed by atoms with Crippen molar-refractivity contribution in [1.82, 2.24) is 0 Å². The van der Waals surface area contributed by atoms with E-state index in [1.807, 2.05) is 47.3 Å². The Morgan fingerprint density at radius 1 is 1.13 bits per heavy atom. The molecule has 4 aliphatic rings. The minimum atomic E-state index is -0.217. The minimum Gasteiger partial charge on any atom is -0.465 e. The third-order valence-corrected chi connectivity index (χ3v) is 9.06. The average molecular weight is 439 g/mol. The van der Waals surface area contributed by atoms with E-state index in [2.05, 4.69) is 6.92 Å². The summed E-state index contributed by atoms with van der Waals surface area (Å²) < 4.78 is 7.89. The topological polar surface area (TPSA) is 47.2 Å². The number of esters is 1. The summed E-state index contributed by atoms with van der Waals surface area (Å²) in [5, 5.41) is 0. The first kappa shape index (κ1) is 20.9. The van der Waals surface area contributed by atoms with Crippen LogP contribution in [0.1, 0.15) is 66.4 Å². The van der Waals surface area contributed by atoms with Crippen LogP contribution in [0.2, 0.25) is 0 Å². The molecule has 1 aromatic carbocycles. The molecule has 0 unspecified atom stereocenters. The van der Waals surface area contributed by atoms with Crippen molar-refractivity contribution in [1.29, 1.82) is 0 Å². The summed E-state index contributed by atoms with van der Waals surface area (Å²) in [7, 11) is 0. The monoisotopic (exact) mass is 438 g/mol. The molecule has 4 fully saturated rings. The van der Waals surface area contributed by atoms with Gasteiger partial charge < -0.3 is 4.74 Å². The molecule has 0 saturated heterocycles. The Kier molecular flexibility index (Phi) is 5.28. The summed E-state index contributed by atoms with van der Waals surface area (Å²) in [5.41, 5.74) is 3.97. The van der Waals surface area contributed by atoms with E-state index >= 15 is 0 Å². The maximum atomic E-state index is 13.2. The summed E-state index contributed by atoms with van der Waals surface area (Å²) in [4.78, 5) is 26.9. The van der Waals surface area contributed by atoms with Gasteiger partial charge in [-0.2, -0.15) is 4.57 Å². The lowest BCUT2D eigenvalue weighted by atomic mass is 9.44. The molecule has 1 aromatic heterocycles. The van der Waals surface area contributed by atoms with E-state index < -0.39 is 0 Å². The van der Waals surface area contributed by atoms with Crippen molar-refractivity contribution in [3.63, 3.8) is 0 Å². The predicted molar refractivity (Wildman–Crippen MR) is 120 cm³/mol. The van der Waals surface area contributed by atoms with Crippen molar-refractivity contribution in [3.8, 4) is 0 Å². The maximum Gasteiger partial charge on any atom is 0.312 e. The number of ketones is 1. The number of carbonyl (C=O) groups is 2. The third-order valence-electron chi connectivity index (χ3n) is 7.92. The molecule has 6 rings (SSSR count). The van der Waals surface area contributed by atoms with Gasteiger partial charge in [0.1, 0.15) is 0 Å². The van der Waals surface area contributed by atoms with Crippen LogP contribution >= 0.6 is 11.3 Å². The van der Waals surface area contributed by atoms with Gasteiger partial charge in [0.05, 0.1) is 16.9 Å². The van der Waals surface area contributed by atoms with Gasteiger partial charge in [-0.1, -0.05) is 48.6 Å². The summed E-state index contributed by atoms with van der Waals surface area (Å²) in [6, 6.07) is 9.42. The Labute approximate surface area is 188 Å². The number of benzene rings is 1. The molecule has 0 N–H and O–H groups in total. The van der Waals surface area contributed by atoms with Crippen LogP contribution in [-0.4, -0.2) is 18.4 Å². The highest BCUT2D eigenvalue weighted by atomic mass is 32.1. The van der Waals surface area contributed by atoms with Gasteiger partial charge in [0.15, 0.2) is 5.69 Å². The van der Waals surface area contributed by atoms with Crippen molar-refractivity contribution < 1.29 is 18.9 Å². The Bertz CT molecular complexity index is 981. The maximum absolute atomic E-state index is 13.2. The summed E-state index contributed by atoms with van der Waals surface area (Å²) in [6.45, 7) is 5.21. The molecule has 0 radical (unpaired) electrons. The number of hydrogen-bond donors (Lipinski definition) is 0. The highest BCUT2D eigenvalue weighted by Crippen LogP contribution is 2.65. The van der Waals surface area contributed by atoms with Crippen LogP contribution in [0.5, 0.6) is 0 Å². The van der Waals surface area contributed by atoms with Crippen molar-refractivity contribution in [3.05, 3.63) is 52.0 Å². The lowest BCUT2D eigenvalue weighted by molar-refractivity contribution is -0.684. The average Bonchev–Trinajstić information content (AvgIpc) is 3.06. The van der Waals surface area contributed by atoms with E-state index in [-0.39, 0.29) is 17.2 Å². The van der Waals surface area contributed by atoms with Crippen molar-refractivity contribution >= 4 is 23.1 Å². The van der Waals surface area contributed by atoms with Crippen LogP contribution in [0, 0.1) is 29.6 Å². The number of rotatable bonds is 7. The zero-order valence-electron chi connectivity index (χ0n) is 18.6. The first-order valence-corrected chi connectivity index (χ1v) is 12.5. The molecule has 4 saturated carbocycles. The SMILES string of the molecule is Cc1c(CCOC(=O)C23C[C@H]4C[C@@H](CC(C)(C4)C2)C3)sc[n+]1CC(=O)c1ccccc1. The van der Waals surface area contributed by atoms with Gasteiger partial charge in [-0.25, -0.2) is 0 Å². The Balaban J connectivity index is 1.18. The molecular formula is C26H32NO3S+. The fourth-order valence-corrected chi connectivity index (χ4v) is 8.04. The van der Waals surface area contributed by atoms with Gasteiger partial charge in [0.2, 0.25) is 17.8 Å². The Morgan fingerprint density at radius 3 is 2.52 bits per heavy atom. The number of carbonyl (C=O) groups excluding carboxylic acids is 2. The van der Waals surface area contributed by atoms with Gasteiger partial charge in [-0.3, -0.25) is 9.59 Å². The molecule has 164 valence electrons. The number of ether oxygens (including phenoxy) is 1. The number of aromatic nitrogens is 1. The number of Topliss-reactive ketones (excluding diaryl/α,β-unsaturated/α-hetero) is 1. The quantitative estimate of drug-likeness (QED) is 0.350. The van der Waals surface area contributed by atoms with Crippen molar-refractivity contribution in [2.24, 2.45) is 22.7 Å². The van der Waals surface area contributed by atoms with Crippen molar-refractivity contribution in [2.75, 3.05) is 6.61 Å². The van der Waals surface area contributed by atoms with Crippen LogP contribution in [-0.2, 0) is 22.5 Å². The smallest absolute Gasteiger partial charge is 0.312 e. The highest BCUT2D eigenvalue weighted by molar-refractivity contribution is 7.09. The fourth-order valence-electron chi connectivity index (χ4n) is 7.07. The second-order valence-electron chi connectivity index (χ2n) is 10.6. The first-order chi connectivity index (χ1) is 14.9. The number of thiazole rings is 1. The Morgan fingerprint density at radius 2 is 1.84 bits per heavy atom. The molecule has 31 heavy (non-hydrogen) atoms. The first-order valence-electron chi connectivity index (χ1n) is 11.6.